The van der Waals surface area contributed by atoms with Crippen LogP contribution in [0.15, 0.2) is 18.2 Å². The Morgan fingerprint density at radius 1 is 1.38 bits per heavy atom. The van der Waals surface area contributed by atoms with Crippen LogP contribution >= 0.6 is 0 Å². The van der Waals surface area contributed by atoms with Gasteiger partial charge in [0.15, 0.2) is 5.78 Å². The summed E-state index contributed by atoms with van der Waals surface area (Å²) in [4.78, 5) is 11.4. The highest BCUT2D eigenvalue weighted by molar-refractivity contribution is 6.32. The van der Waals surface area contributed by atoms with Crippen molar-refractivity contribution in [2.24, 2.45) is 0 Å². The smallest absolute Gasteiger partial charge is 0.163 e. The van der Waals surface area contributed by atoms with Gasteiger partial charge in [0.25, 0.3) is 0 Å². The van der Waals surface area contributed by atoms with Crippen molar-refractivity contribution >= 4 is 19.1 Å². The van der Waals surface area contributed by atoms with E-state index >= 15 is 0 Å². The Morgan fingerprint density at radius 3 is 2.75 bits per heavy atom. The van der Waals surface area contributed by atoms with Crippen LogP contribution in [0.25, 0.3) is 0 Å². The molecule has 16 heavy (non-hydrogen) atoms. The number of rotatable bonds is 6. The minimum absolute atomic E-state index is 0.0294. The largest absolute Gasteiger partial charge is 0.493 e. The number of carbonyl (C=O) groups excluding carboxylic acids is 1. The van der Waals surface area contributed by atoms with Gasteiger partial charge in [0.1, 0.15) is 13.6 Å². The molecule has 0 aliphatic heterocycles. The summed E-state index contributed by atoms with van der Waals surface area (Å²) in [5.41, 5.74) is 1.73. The van der Waals surface area contributed by atoms with Crippen molar-refractivity contribution in [1.29, 1.82) is 0 Å². The fourth-order valence-electron chi connectivity index (χ4n) is 1.43. The molecule has 0 saturated carbocycles. The maximum atomic E-state index is 11.4. The van der Waals surface area contributed by atoms with Gasteiger partial charge in [0, 0.05) is 20.1 Å². The van der Waals surface area contributed by atoms with Crippen LogP contribution < -0.4 is 10.2 Å². The molecule has 0 amide bonds. The lowest BCUT2D eigenvalue weighted by Crippen LogP contribution is -2.09. The Bertz CT molecular complexity index is 363. The maximum Gasteiger partial charge on any atom is 0.163 e. The molecule has 1 aromatic rings. The van der Waals surface area contributed by atoms with E-state index in [1.807, 2.05) is 26.0 Å². The Morgan fingerprint density at radius 2 is 2.12 bits per heavy atom. The van der Waals surface area contributed by atoms with Crippen LogP contribution in [0.2, 0.25) is 0 Å². The highest BCUT2D eigenvalue weighted by Gasteiger charge is 2.08. The van der Waals surface area contributed by atoms with Gasteiger partial charge in [-0.3, -0.25) is 4.79 Å². The zero-order valence-corrected chi connectivity index (χ0v) is 10.1. The third-order valence-corrected chi connectivity index (χ3v) is 2.27. The van der Waals surface area contributed by atoms with Crippen LogP contribution in [-0.2, 0) is 4.74 Å². The normalized spacial score (nSPS) is 10.1. The fraction of sp³-hybridized carbons (Fsp3) is 0.417. The SMILES string of the molecule is Bc1ccc(C(C)=O)c(OCCCOC)c1. The summed E-state index contributed by atoms with van der Waals surface area (Å²) >= 11 is 0. The first-order chi connectivity index (χ1) is 7.65. The molecule has 0 N–H and O–H groups in total. The van der Waals surface area contributed by atoms with Gasteiger partial charge in [0.05, 0.1) is 12.2 Å². The Labute approximate surface area is 97.2 Å². The summed E-state index contributed by atoms with van der Waals surface area (Å²) in [7, 11) is 3.64. The standard InChI is InChI=1S/C12H17BO3/c1-9(14)11-5-4-10(13)8-12(11)16-7-3-6-15-2/h4-5,8H,3,6-7,13H2,1-2H3. The monoisotopic (exact) mass is 220 g/mol. The highest BCUT2D eigenvalue weighted by atomic mass is 16.5. The molecular formula is C12H17BO3. The molecule has 0 fully saturated rings. The van der Waals surface area contributed by atoms with Gasteiger partial charge >= 0.3 is 0 Å². The Hall–Kier alpha value is -1.29. The molecule has 0 heterocycles. The number of hydrogen-bond acceptors (Lipinski definition) is 3. The van der Waals surface area contributed by atoms with E-state index in [0.29, 0.717) is 24.5 Å². The topological polar surface area (TPSA) is 35.5 Å². The van der Waals surface area contributed by atoms with E-state index < -0.39 is 0 Å². The van der Waals surface area contributed by atoms with Gasteiger partial charge in [-0.1, -0.05) is 11.5 Å². The first-order valence-corrected chi connectivity index (χ1v) is 5.38. The zero-order chi connectivity index (χ0) is 12.0. The van der Waals surface area contributed by atoms with Crippen molar-refractivity contribution in [3.63, 3.8) is 0 Å². The lowest BCUT2D eigenvalue weighted by Gasteiger charge is -2.10. The molecule has 3 nitrogen and oxygen atoms in total. The van der Waals surface area contributed by atoms with Crippen LogP contribution in [0.4, 0.5) is 0 Å². The summed E-state index contributed by atoms with van der Waals surface area (Å²) in [6, 6.07) is 5.62. The molecule has 0 bridgehead atoms. The number of methoxy groups -OCH3 is 1. The number of ether oxygens (including phenoxy) is 2. The van der Waals surface area contributed by atoms with Crippen molar-refractivity contribution in [2.75, 3.05) is 20.3 Å². The van der Waals surface area contributed by atoms with E-state index in [4.69, 9.17) is 9.47 Å². The highest BCUT2D eigenvalue weighted by Crippen LogP contribution is 2.17. The average Bonchev–Trinajstić information content (AvgIpc) is 2.24. The lowest BCUT2D eigenvalue weighted by molar-refractivity contribution is 0.101. The molecule has 0 aliphatic carbocycles. The Kier molecular flexibility index (Phi) is 5.06. The van der Waals surface area contributed by atoms with Crippen LogP contribution in [0.1, 0.15) is 23.7 Å². The van der Waals surface area contributed by atoms with E-state index in [2.05, 4.69) is 0 Å². The molecule has 0 atom stereocenters. The van der Waals surface area contributed by atoms with Crippen molar-refractivity contribution in [2.45, 2.75) is 13.3 Å². The van der Waals surface area contributed by atoms with Gasteiger partial charge in [-0.2, -0.15) is 0 Å². The summed E-state index contributed by atoms with van der Waals surface area (Å²) in [6.07, 6.45) is 0.821. The quantitative estimate of drug-likeness (QED) is 0.399. The zero-order valence-electron chi connectivity index (χ0n) is 10.1. The van der Waals surface area contributed by atoms with Crippen LogP contribution in [0.3, 0.4) is 0 Å². The first kappa shape index (κ1) is 12.8. The number of hydrogen-bond donors (Lipinski definition) is 0. The van der Waals surface area contributed by atoms with Gasteiger partial charge in [-0.25, -0.2) is 0 Å². The molecule has 86 valence electrons. The lowest BCUT2D eigenvalue weighted by atomic mass is 9.94. The van der Waals surface area contributed by atoms with E-state index in [1.54, 1.807) is 14.0 Å². The molecule has 1 rings (SSSR count). The predicted molar refractivity (Wildman–Crippen MR) is 66.6 cm³/mol. The van der Waals surface area contributed by atoms with Crippen LogP contribution in [-0.4, -0.2) is 34.0 Å². The molecule has 0 spiro atoms. The molecule has 4 heteroatoms. The predicted octanol–water partition coefficient (Wildman–Crippen LogP) is 0.563. The second-order valence-electron chi connectivity index (χ2n) is 3.75. The molecule has 1 aromatic carbocycles. The molecule has 0 unspecified atom stereocenters. The second kappa shape index (κ2) is 6.33. The summed E-state index contributed by atoms with van der Waals surface area (Å²) in [5.74, 6) is 0.699. The van der Waals surface area contributed by atoms with Gasteiger partial charge in [-0.15, -0.1) is 0 Å². The fourth-order valence-corrected chi connectivity index (χ4v) is 1.43. The van der Waals surface area contributed by atoms with E-state index in [1.165, 1.54) is 0 Å². The second-order valence-corrected chi connectivity index (χ2v) is 3.75. The summed E-state index contributed by atoms with van der Waals surface area (Å²) in [5, 5.41) is 0. The third kappa shape index (κ3) is 3.70. The van der Waals surface area contributed by atoms with Crippen molar-refractivity contribution < 1.29 is 14.3 Å². The number of ketones is 1. The van der Waals surface area contributed by atoms with Gasteiger partial charge in [0.2, 0.25) is 0 Å². The first-order valence-electron chi connectivity index (χ1n) is 5.38. The Balaban J connectivity index is 2.68. The van der Waals surface area contributed by atoms with Gasteiger partial charge in [-0.05, 0) is 19.1 Å². The summed E-state index contributed by atoms with van der Waals surface area (Å²) in [6.45, 7) is 2.78. The van der Waals surface area contributed by atoms with E-state index in [0.717, 1.165) is 11.9 Å². The van der Waals surface area contributed by atoms with Crippen molar-refractivity contribution in [1.82, 2.24) is 0 Å². The molecular weight excluding hydrogens is 203 g/mol. The number of Topliss-reactive ketones (excluding diaryl/α,β-unsaturated/α-hetero) is 1. The molecule has 0 aromatic heterocycles. The average molecular weight is 220 g/mol. The third-order valence-electron chi connectivity index (χ3n) is 2.27. The number of carbonyl (C=O) groups is 1. The van der Waals surface area contributed by atoms with E-state index in [9.17, 15) is 4.79 Å². The van der Waals surface area contributed by atoms with Crippen LogP contribution in [0.5, 0.6) is 5.75 Å². The minimum Gasteiger partial charge on any atom is -0.493 e. The van der Waals surface area contributed by atoms with E-state index in [-0.39, 0.29) is 5.78 Å². The van der Waals surface area contributed by atoms with Crippen LogP contribution in [0, 0.1) is 0 Å². The van der Waals surface area contributed by atoms with Crippen molar-refractivity contribution in [3.8, 4) is 5.75 Å². The molecule has 0 radical (unpaired) electrons. The maximum absolute atomic E-state index is 11.4. The van der Waals surface area contributed by atoms with Crippen molar-refractivity contribution in [3.05, 3.63) is 23.8 Å². The van der Waals surface area contributed by atoms with Gasteiger partial charge < -0.3 is 9.47 Å². The molecule has 0 aliphatic rings. The molecule has 0 saturated heterocycles. The number of benzene rings is 1. The minimum atomic E-state index is 0.0294. The summed E-state index contributed by atoms with van der Waals surface area (Å²) < 4.78 is 10.5.